The van der Waals surface area contributed by atoms with Crippen molar-refractivity contribution < 1.29 is 14.6 Å². The van der Waals surface area contributed by atoms with Crippen molar-refractivity contribution in [1.29, 1.82) is 0 Å². The summed E-state index contributed by atoms with van der Waals surface area (Å²) in [6.45, 7) is 10.4. The van der Waals surface area contributed by atoms with Gasteiger partial charge in [-0.25, -0.2) is 0 Å². The topological polar surface area (TPSA) is 46.5 Å². The summed E-state index contributed by atoms with van der Waals surface area (Å²) in [6.07, 6.45) is 0.585. The van der Waals surface area contributed by atoms with Crippen molar-refractivity contribution >= 4 is 11.4 Å². The number of carbonyl (C=O) groups is 1. The van der Waals surface area contributed by atoms with Crippen LogP contribution in [0.25, 0.3) is 5.57 Å². The second kappa shape index (κ2) is 5.34. The SMILES string of the molecule is C=C1CC2=C(C)[C@@H](O)C[C@@H](C(=O)c3c(OC)cccc31)C2(C)C. The van der Waals surface area contributed by atoms with Crippen LogP contribution < -0.4 is 4.74 Å². The number of rotatable bonds is 1. The third-order valence-corrected chi connectivity index (χ3v) is 5.66. The molecule has 0 aromatic heterocycles. The Bertz CT molecular complexity index is 724. The highest BCUT2D eigenvalue weighted by Gasteiger charge is 2.46. The molecule has 23 heavy (non-hydrogen) atoms. The molecule has 3 heteroatoms. The van der Waals surface area contributed by atoms with Crippen LogP contribution in [-0.4, -0.2) is 24.1 Å². The molecule has 0 fully saturated rings. The number of Topliss-reactive ketones (excluding diaryl/α,β-unsaturated/α-hetero) is 1. The van der Waals surface area contributed by atoms with Crippen molar-refractivity contribution in [3.8, 4) is 5.75 Å². The number of methoxy groups -OCH3 is 1. The van der Waals surface area contributed by atoms with E-state index in [0.717, 1.165) is 22.3 Å². The van der Waals surface area contributed by atoms with Gasteiger partial charge >= 0.3 is 0 Å². The van der Waals surface area contributed by atoms with Gasteiger partial charge in [-0.1, -0.05) is 38.1 Å². The smallest absolute Gasteiger partial charge is 0.171 e. The zero-order chi connectivity index (χ0) is 16.9. The van der Waals surface area contributed by atoms with E-state index in [-0.39, 0.29) is 17.1 Å². The van der Waals surface area contributed by atoms with Gasteiger partial charge in [-0.3, -0.25) is 4.79 Å². The Morgan fingerprint density at radius 1 is 1.35 bits per heavy atom. The molecule has 0 aliphatic heterocycles. The first-order valence-electron chi connectivity index (χ1n) is 8.06. The Hall–Kier alpha value is -1.87. The minimum absolute atomic E-state index is 0.0485. The van der Waals surface area contributed by atoms with E-state index in [1.165, 1.54) is 0 Å². The molecule has 2 atom stereocenters. The van der Waals surface area contributed by atoms with Crippen LogP contribution in [0.15, 0.2) is 35.9 Å². The average Bonchev–Trinajstić information content (AvgIpc) is 2.52. The minimum Gasteiger partial charge on any atom is -0.496 e. The maximum absolute atomic E-state index is 13.3. The summed E-state index contributed by atoms with van der Waals surface area (Å²) < 4.78 is 5.45. The number of benzene rings is 1. The number of aliphatic hydroxyl groups excluding tert-OH is 1. The van der Waals surface area contributed by atoms with Gasteiger partial charge in [0.05, 0.1) is 18.8 Å². The highest BCUT2D eigenvalue weighted by molar-refractivity contribution is 6.06. The van der Waals surface area contributed by atoms with E-state index in [1.54, 1.807) is 7.11 Å². The monoisotopic (exact) mass is 312 g/mol. The van der Waals surface area contributed by atoms with Crippen LogP contribution in [0.1, 0.15) is 49.5 Å². The molecule has 0 unspecified atom stereocenters. The van der Waals surface area contributed by atoms with Crippen molar-refractivity contribution in [2.45, 2.75) is 39.7 Å². The van der Waals surface area contributed by atoms with Gasteiger partial charge in [0.1, 0.15) is 5.75 Å². The molecule has 1 N–H and O–H groups in total. The number of allylic oxidation sites excluding steroid dienone is 2. The predicted molar refractivity (Wildman–Crippen MR) is 91.6 cm³/mol. The number of aliphatic hydroxyl groups is 1. The van der Waals surface area contributed by atoms with E-state index in [2.05, 4.69) is 20.4 Å². The maximum atomic E-state index is 13.3. The van der Waals surface area contributed by atoms with Crippen LogP contribution in [0.3, 0.4) is 0 Å². The van der Waals surface area contributed by atoms with Crippen molar-refractivity contribution in [1.82, 2.24) is 0 Å². The number of hydrogen-bond donors (Lipinski definition) is 1. The van der Waals surface area contributed by atoms with Crippen molar-refractivity contribution in [3.05, 3.63) is 47.1 Å². The number of ketones is 1. The molecule has 1 aromatic rings. The van der Waals surface area contributed by atoms with Gasteiger partial charge < -0.3 is 9.84 Å². The molecule has 1 aromatic carbocycles. The fourth-order valence-electron chi connectivity index (χ4n) is 4.15. The first-order valence-corrected chi connectivity index (χ1v) is 8.06. The standard InChI is InChI=1S/C20H24O3/c1-11-9-14-12(2)16(21)10-15(20(14,3)4)19(22)18-13(11)7-6-8-17(18)23-5/h6-8,15-16,21H,1,9-10H2,2-5H3/t15-,16-/m0/s1. The van der Waals surface area contributed by atoms with Gasteiger partial charge in [0.15, 0.2) is 5.78 Å². The summed E-state index contributed by atoms with van der Waals surface area (Å²) in [6, 6.07) is 5.66. The number of ether oxygens (including phenoxy) is 1. The quantitative estimate of drug-likeness (QED) is 0.797. The highest BCUT2D eigenvalue weighted by atomic mass is 16.5. The van der Waals surface area contributed by atoms with Crippen LogP contribution in [0.5, 0.6) is 5.75 Å². The van der Waals surface area contributed by atoms with Crippen molar-refractivity contribution in [3.63, 3.8) is 0 Å². The van der Waals surface area contributed by atoms with Gasteiger partial charge in [-0.2, -0.15) is 0 Å². The molecular weight excluding hydrogens is 288 g/mol. The first-order chi connectivity index (χ1) is 10.8. The number of carbonyl (C=O) groups excluding carboxylic acids is 1. The van der Waals surface area contributed by atoms with E-state index < -0.39 is 6.10 Å². The molecule has 0 saturated carbocycles. The average molecular weight is 312 g/mol. The van der Waals surface area contributed by atoms with Crippen LogP contribution in [0, 0.1) is 11.3 Å². The lowest BCUT2D eigenvalue weighted by molar-refractivity contribution is 0.0659. The molecule has 2 aliphatic rings. The third kappa shape index (κ3) is 2.26. The zero-order valence-corrected chi connectivity index (χ0v) is 14.3. The summed E-state index contributed by atoms with van der Waals surface area (Å²) in [4.78, 5) is 13.3. The first kappa shape index (κ1) is 16.0. The van der Waals surface area contributed by atoms with E-state index in [1.807, 2.05) is 25.1 Å². The van der Waals surface area contributed by atoms with E-state index >= 15 is 0 Å². The summed E-state index contributed by atoms with van der Waals surface area (Å²) in [5.41, 5.74) is 4.24. The highest BCUT2D eigenvalue weighted by Crippen LogP contribution is 2.52. The van der Waals surface area contributed by atoms with E-state index in [0.29, 0.717) is 24.2 Å². The minimum atomic E-state index is -0.559. The van der Waals surface area contributed by atoms with Gasteiger partial charge in [0, 0.05) is 5.92 Å². The molecule has 0 saturated heterocycles. The van der Waals surface area contributed by atoms with Crippen molar-refractivity contribution in [2.75, 3.05) is 7.11 Å². The molecule has 0 amide bonds. The lowest BCUT2D eigenvalue weighted by Crippen LogP contribution is -2.42. The summed E-state index contributed by atoms with van der Waals surface area (Å²) in [5.74, 6) is 0.389. The zero-order valence-electron chi connectivity index (χ0n) is 14.3. The Morgan fingerprint density at radius 2 is 2.04 bits per heavy atom. The van der Waals surface area contributed by atoms with Crippen LogP contribution in [-0.2, 0) is 0 Å². The molecule has 0 heterocycles. The second-order valence-electron chi connectivity index (χ2n) is 7.21. The Kier molecular flexibility index (Phi) is 3.72. The lowest BCUT2D eigenvalue weighted by atomic mass is 9.59. The molecule has 0 radical (unpaired) electrons. The molecule has 2 aliphatic carbocycles. The van der Waals surface area contributed by atoms with Gasteiger partial charge in [-0.15, -0.1) is 0 Å². The van der Waals surface area contributed by atoms with E-state index in [9.17, 15) is 9.90 Å². The Balaban J connectivity index is 2.30. The number of hydrogen-bond acceptors (Lipinski definition) is 3. The summed E-state index contributed by atoms with van der Waals surface area (Å²) in [7, 11) is 1.58. The molecule has 2 bridgehead atoms. The Labute approximate surface area is 137 Å². The largest absolute Gasteiger partial charge is 0.496 e. The molecule has 0 spiro atoms. The fraction of sp³-hybridized carbons (Fsp3) is 0.450. The predicted octanol–water partition coefficient (Wildman–Crippen LogP) is 4.02. The second-order valence-corrected chi connectivity index (χ2v) is 7.21. The van der Waals surface area contributed by atoms with Gasteiger partial charge in [-0.05, 0) is 48.0 Å². The van der Waals surface area contributed by atoms with E-state index in [4.69, 9.17) is 4.74 Å². The number of fused-ring (bicyclic) bond motifs is 3. The Morgan fingerprint density at radius 3 is 2.70 bits per heavy atom. The molecule has 3 rings (SSSR count). The normalized spacial score (nSPS) is 26.5. The van der Waals surface area contributed by atoms with Crippen LogP contribution in [0.4, 0.5) is 0 Å². The third-order valence-electron chi connectivity index (χ3n) is 5.66. The molecule has 122 valence electrons. The van der Waals surface area contributed by atoms with Gasteiger partial charge in [0.2, 0.25) is 0 Å². The molecular formula is C20H24O3. The maximum Gasteiger partial charge on any atom is 0.171 e. The summed E-state index contributed by atoms with van der Waals surface area (Å²) in [5, 5.41) is 10.4. The summed E-state index contributed by atoms with van der Waals surface area (Å²) >= 11 is 0. The fourth-order valence-corrected chi connectivity index (χ4v) is 4.15. The molecule has 3 nitrogen and oxygen atoms in total. The van der Waals surface area contributed by atoms with Crippen LogP contribution in [0.2, 0.25) is 0 Å². The lowest BCUT2D eigenvalue weighted by Gasteiger charge is -2.45. The van der Waals surface area contributed by atoms with Crippen molar-refractivity contribution in [2.24, 2.45) is 11.3 Å². The van der Waals surface area contributed by atoms with Crippen LogP contribution >= 0.6 is 0 Å². The van der Waals surface area contributed by atoms with Gasteiger partial charge in [0.25, 0.3) is 0 Å².